The Balaban J connectivity index is 1.53. The number of hydrogen-bond donors (Lipinski definition) is 1. The molecule has 1 aromatic carbocycles. The topological polar surface area (TPSA) is 57.7 Å². The van der Waals surface area contributed by atoms with Crippen LogP contribution in [0, 0.1) is 0 Å². The molecule has 1 N–H and O–H groups in total. The third kappa shape index (κ3) is 3.15. The highest BCUT2D eigenvalue weighted by atomic mass is 35.5. The highest BCUT2D eigenvalue weighted by molar-refractivity contribution is 6.31. The van der Waals surface area contributed by atoms with Crippen LogP contribution in [0.25, 0.3) is 11.4 Å². The van der Waals surface area contributed by atoms with Crippen molar-refractivity contribution in [2.75, 3.05) is 6.54 Å². The van der Waals surface area contributed by atoms with Crippen LogP contribution in [0.1, 0.15) is 17.0 Å². The van der Waals surface area contributed by atoms with Crippen molar-refractivity contribution in [1.82, 2.24) is 25.1 Å². The first-order chi connectivity index (χ1) is 11.7. The van der Waals surface area contributed by atoms with Gasteiger partial charge in [-0.1, -0.05) is 23.2 Å². The number of fused-ring (bicyclic) bond motifs is 1. The minimum atomic E-state index is 0.676. The largest absolute Gasteiger partial charge is 0.293 e. The zero-order valence-electron chi connectivity index (χ0n) is 12.8. The smallest absolute Gasteiger partial charge is 0.159 e. The van der Waals surface area contributed by atoms with E-state index in [0.717, 1.165) is 54.4 Å². The van der Waals surface area contributed by atoms with Crippen LogP contribution in [-0.4, -0.2) is 31.6 Å². The Bertz CT molecular complexity index is 860. The van der Waals surface area contributed by atoms with Crippen molar-refractivity contribution in [2.45, 2.75) is 19.5 Å². The van der Waals surface area contributed by atoms with E-state index in [-0.39, 0.29) is 0 Å². The lowest BCUT2D eigenvalue weighted by Gasteiger charge is -2.27. The molecule has 0 bridgehead atoms. The van der Waals surface area contributed by atoms with Crippen LogP contribution in [0.4, 0.5) is 0 Å². The molecule has 0 spiro atoms. The number of benzene rings is 1. The van der Waals surface area contributed by atoms with Crippen LogP contribution in [-0.2, 0) is 19.5 Å². The van der Waals surface area contributed by atoms with Crippen molar-refractivity contribution in [2.24, 2.45) is 0 Å². The molecule has 0 saturated heterocycles. The van der Waals surface area contributed by atoms with E-state index in [1.807, 2.05) is 30.5 Å². The Hall–Kier alpha value is -1.95. The first kappa shape index (κ1) is 15.6. The molecule has 2 aromatic heterocycles. The van der Waals surface area contributed by atoms with Crippen LogP contribution in [0.3, 0.4) is 0 Å². The maximum atomic E-state index is 6.10. The lowest BCUT2D eigenvalue weighted by atomic mass is 10.1. The maximum Gasteiger partial charge on any atom is 0.159 e. The van der Waals surface area contributed by atoms with Crippen molar-refractivity contribution < 1.29 is 0 Å². The molecule has 122 valence electrons. The molecule has 7 heteroatoms. The van der Waals surface area contributed by atoms with E-state index in [1.165, 1.54) is 0 Å². The molecule has 4 rings (SSSR count). The third-order valence-corrected chi connectivity index (χ3v) is 4.74. The number of rotatable bonds is 3. The maximum absolute atomic E-state index is 6.10. The zero-order valence-corrected chi connectivity index (χ0v) is 14.3. The normalized spacial score (nSPS) is 14.6. The first-order valence-corrected chi connectivity index (χ1v) is 8.45. The van der Waals surface area contributed by atoms with Crippen molar-refractivity contribution in [3.8, 4) is 11.4 Å². The SMILES string of the molecule is Clc1ccc(-c2ncc3c(n2)CCN(Cc2[nH]ncc2Cl)C3)cc1. The summed E-state index contributed by atoms with van der Waals surface area (Å²) in [6.45, 7) is 2.49. The Kier molecular flexibility index (Phi) is 4.22. The van der Waals surface area contributed by atoms with Gasteiger partial charge in [-0.2, -0.15) is 5.10 Å². The van der Waals surface area contributed by atoms with Crippen LogP contribution in [0.2, 0.25) is 10.0 Å². The molecular formula is C17H15Cl2N5. The van der Waals surface area contributed by atoms with Crippen molar-refractivity contribution in [1.29, 1.82) is 0 Å². The molecule has 3 heterocycles. The lowest BCUT2D eigenvalue weighted by Crippen LogP contribution is -2.31. The molecular weight excluding hydrogens is 345 g/mol. The Morgan fingerprint density at radius 3 is 2.71 bits per heavy atom. The van der Waals surface area contributed by atoms with Gasteiger partial charge < -0.3 is 0 Å². The monoisotopic (exact) mass is 359 g/mol. The Morgan fingerprint density at radius 1 is 1.12 bits per heavy atom. The molecule has 0 saturated carbocycles. The molecule has 0 fully saturated rings. The summed E-state index contributed by atoms with van der Waals surface area (Å²) in [7, 11) is 0. The van der Waals surface area contributed by atoms with E-state index >= 15 is 0 Å². The minimum Gasteiger partial charge on any atom is -0.293 e. The van der Waals surface area contributed by atoms with E-state index in [0.29, 0.717) is 10.0 Å². The summed E-state index contributed by atoms with van der Waals surface area (Å²) in [6.07, 6.45) is 4.45. The van der Waals surface area contributed by atoms with Crippen molar-refractivity contribution >= 4 is 23.2 Å². The summed E-state index contributed by atoms with van der Waals surface area (Å²) in [5.41, 5.74) is 4.20. The van der Waals surface area contributed by atoms with Gasteiger partial charge in [0.2, 0.25) is 0 Å². The minimum absolute atomic E-state index is 0.676. The quantitative estimate of drug-likeness (QED) is 0.773. The third-order valence-electron chi connectivity index (χ3n) is 4.16. The van der Waals surface area contributed by atoms with Crippen LogP contribution >= 0.6 is 23.2 Å². The predicted octanol–water partition coefficient (Wildman–Crippen LogP) is 3.73. The second-order valence-electron chi connectivity index (χ2n) is 5.83. The van der Waals surface area contributed by atoms with E-state index in [9.17, 15) is 0 Å². The van der Waals surface area contributed by atoms with Gasteiger partial charge in [-0.3, -0.25) is 10.00 Å². The van der Waals surface area contributed by atoms with Gasteiger partial charge in [0.15, 0.2) is 5.82 Å². The number of aromatic nitrogens is 4. The Morgan fingerprint density at radius 2 is 1.96 bits per heavy atom. The number of hydrogen-bond acceptors (Lipinski definition) is 4. The van der Waals surface area contributed by atoms with Crippen molar-refractivity contribution in [3.63, 3.8) is 0 Å². The molecule has 0 amide bonds. The lowest BCUT2D eigenvalue weighted by molar-refractivity contribution is 0.240. The molecule has 24 heavy (non-hydrogen) atoms. The fourth-order valence-corrected chi connectivity index (χ4v) is 3.16. The van der Waals surface area contributed by atoms with Gasteiger partial charge in [0.25, 0.3) is 0 Å². The number of nitrogens with one attached hydrogen (secondary N) is 1. The summed E-state index contributed by atoms with van der Waals surface area (Å²) in [6, 6.07) is 7.60. The second-order valence-corrected chi connectivity index (χ2v) is 6.67. The number of aromatic amines is 1. The average molecular weight is 360 g/mol. The fraction of sp³-hybridized carbons (Fsp3) is 0.235. The van der Waals surface area contributed by atoms with E-state index in [2.05, 4.69) is 20.1 Å². The van der Waals surface area contributed by atoms with Gasteiger partial charge in [0.1, 0.15) is 0 Å². The van der Waals surface area contributed by atoms with Gasteiger partial charge in [0, 0.05) is 48.4 Å². The number of H-pyrrole nitrogens is 1. The fourth-order valence-electron chi connectivity index (χ4n) is 2.88. The number of nitrogens with zero attached hydrogens (tertiary/aromatic N) is 4. The van der Waals surface area contributed by atoms with Crippen LogP contribution in [0.15, 0.2) is 36.7 Å². The van der Waals surface area contributed by atoms with Gasteiger partial charge in [-0.25, -0.2) is 9.97 Å². The molecule has 0 aliphatic carbocycles. The molecule has 0 atom stereocenters. The van der Waals surface area contributed by atoms with Gasteiger partial charge in [0.05, 0.1) is 22.6 Å². The van der Waals surface area contributed by atoms with Gasteiger partial charge in [-0.15, -0.1) is 0 Å². The molecule has 1 aliphatic rings. The zero-order chi connectivity index (χ0) is 16.5. The van der Waals surface area contributed by atoms with E-state index in [4.69, 9.17) is 28.2 Å². The van der Waals surface area contributed by atoms with Crippen molar-refractivity contribution in [3.05, 3.63) is 63.7 Å². The van der Waals surface area contributed by atoms with E-state index in [1.54, 1.807) is 6.20 Å². The highest BCUT2D eigenvalue weighted by Gasteiger charge is 2.20. The molecule has 1 aliphatic heterocycles. The predicted molar refractivity (Wildman–Crippen MR) is 93.9 cm³/mol. The number of halogens is 2. The van der Waals surface area contributed by atoms with Crippen LogP contribution in [0.5, 0.6) is 0 Å². The molecule has 5 nitrogen and oxygen atoms in total. The van der Waals surface area contributed by atoms with Crippen LogP contribution < -0.4 is 0 Å². The summed E-state index contributed by atoms with van der Waals surface area (Å²) < 4.78 is 0. The van der Waals surface area contributed by atoms with Gasteiger partial charge >= 0.3 is 0 Å². The van der Waals surface area contributed by atoms with Gasteiger partial charge in [-0.05, 0) is 24.3 Å². The summed E-state index contributed by atoms with van der Waals surface area (Å²) in [5, 5.41) is 8.30. The first-order valence-electron chi connectivity index (χ1n) is 7.70. The summed E-state index contributed by atoms with van der Waals surface area (Å²) in [4.78, 5) is 11.6. The molecule has 0 radical (unpaired) electrons. The summed E-state index contributed by atoms with van der Waals surface area (Å²) in [5.74, 6) is 0.746. The molecule has 0 unspecified atom stereocenters. The summed E-state index contributed by atoms with van der Waals surface area (Å²) >= 11 is 12.0. The molecule has 3 aromatic rings. The Labute approximate surface area is 149 Å². The average Bonchev–Trinajstić information content (AvgIpc) is 3.00. The van der Waals surface area contributed by atoms with E-state index < -0.39 is 0 Å². The highest BCUT2D eigenvalue weighted by Crippen LogP contribution is 2.24. The second kappa shape index (κ2) is 6.51. The standard InChI is InChI=1S/C17H15Cl2N5/c18-13-3-1-11(2-4-13)17-20-7-12-9-24(6-5-15(12)22-17)10-16-14(19)8-21-23-16/h1-4,7-8H,5-6,9-10H2,(H,21,23).